The van der Waals surface area contributed by atoms with Crippen LogP contribution in [0.2, 0.25) is 0 Å². The van der Waals surface area contributed by atoms with Crippen LogP contribution in [0.15, 0.2) is 18.2 Å². The standard InChI is InChI=1S/C13H11O7/c1-7(15)19-11-4-3-9(10(6-14)13(17)18)5-12(11)20-8(2)16/h3-5,10H,1-2H3,(H,17,18). The van der Waals surface area contributed by atoms with Crippen molar-refractivity contribution in [1.29, 1.82) is 0 Å². The van der Waals surface area contributed by atoms with E-state index >= 15 is 0 Å². The molecule has 0 saturated heterocycles. The van der Waals surface area contributed by atoms with Crippen molar-refractivity contribution in [2.45, 2.75) is 19.8 Å². The molecule has 0 amide bonds. The largest absolute Gasteiger partial charge is 0.480 e. The summed E-state index contributed by atoms with van der Waals surface area (Å²) in [5.41, 5.74) is 0.0552. The highest BCUT2D eigenvalue weighted by molar-refractivity contribution is 5.93. The van der Waals surface area contributed by atoms with E-state index in [4.69, 9.17) is 14.6 Å². The molecule has 1 rings (SSSR count). The lowest BCUT2D eigenvalue weighted by atomic mass is 10.0. The van der Waals surface area contributed by atoms with Crippen molar-refractivity contribution in [3.05, 3.63) is 23.8 Å². The van der Waals surface area contributed by atoms with Gasteiger partial charge in [-0.3, -0.25) is 19.2 Å². The second kappa shape index (κ2) is 6.46. The van der Waals surface area contributed by atoms with E-state index in [0.29, 0.717) is 0 Å². The Hall–Kier alpha value is -2.70. The van der Waals surface area contributed by atoms with Gasteiger partial charge < -0.3 is 14.6 Å². The van der Waals surface area contributed by atoms with Crippen molar-refractivity contribution in [2.75, 3.05) is 0 Å². The Morgan fingerprint density at radius 1 is 1.10 bits per heavy atom. The van der Waals surface area contributed by atoms with Gasteiger partial charge in [0.1, 0.15) is 5.92 Å². The van der Waals surface area contributed by atoms with Gasteiger partial charge in [0.25, 0.3) is 0 Å². The molecule has 1 unspecified atom stereocenters. The molecule has 0 spiro atoms. The van der Waals surface area contributed by atoms with Gasteiger partial charge in [0.15, 0.2) is 11.5 Å². The molecule has 7 nitrogen and oxygen atoms in total. The molecule has 1 radical (unpaired) electrons. The summed E-state index contributed by atoms with van der Waals surface area (Å²) in [6.07, 6.45) is 1.36. The molecule has 0 aliphatic heterocycles. The summed E-state index contributed by atoms with van der Waals surface area (Å²) >= 11 is 0. The topological polar surface area (TPSA) is 107 Å². The van der Waals surface area contributed by atoms with Gasteiger partial charge in [0.2, 0.25) is 6.29 Å². The van der Waals surface area contributed by atoms with Gasteiger partial charge in [-0.1, -0.05) is 6.07 Å². The van der Waals surface area contributed by atoms with Crippen molar-refractivity contribution in [2.24, 2.45) is 0 Å². The quantitative estimate of drug-likeness (QED) is 0.483. The van der Waals surface area contributed by atoms with Crippen LogP contribution in [0.3, 0.4) is 0 Å². The molecule has 0 heterocycles. The normalized spacial score (nSPS) is 11.3. The average Bonchev–Trinajstić information content (AvgIpc) is 2.31. The summed E-state index contributed by atoms with van der Waals surface area (Å²) in [4.78, 5) is 43.4. The van der Waals surface area contributed by atoms with Crippen molar-refractivity contribution in [3.8, 4) is 11.5 Å². The van der Waals surface area contributed by atoms with Crippen LogP contribution in [0.1, 0.15) is 25.3 Å². The molecule has 0 fully saturated rings. The zero-order chi connectivity index (χ0) is 15.3. The van der Waals surface area contributed by atoms with E-state index in [1.54, 1.807) is 0 Å². The predicted octanol–water partition coefficient (Wildman–Crippen LogP) is 0.815. The summed E-state index contributed by atoms with van der Waals surface area (Å²) in [5, 5.41) is 8.86. The van der Waals surface area contributed by atoms with Crippen LogP contribution in [0.25, 0.3) is 0 Å². The molecule has 0 saturated carbocycles. The molecule has 0 bridgehead atoms. The minimum Gasteiger partial charge on any atom is -0.480 e. The molecule has 0 aliphatic carbocycles. The Morgan fingerprint density at radius 2 is 1.65 bits per heavy atom. The molecule has 7 heteroatoms. The van der Waals surface area contributed by atoms with E-state index in [-0.39, 0.29) is 17.1 Å². The summed E-state index contributed by atoms with van der Waals surface area (Å²) in [6.45, 7) is 2.29. The van der Waals surface area contributed by atoms with Crippen LogP contribution in [0.5, 0.6) is 11.5 Å². The predicted molar refractivity (Wildman–Crippen MR) is 65.1 cm³/mol. The monoisotopic (exact) mass is 279 g/mol. The fourth-order valence-corrected chi connectivity index (χ4v) is 1.44. The van der Waals surface area contributed by atoms with Gasteiger partial charge in [0.05, 0.1) is 0 Å². The van der Waals surface area contributed by atoms with Gasteiger partial charge in [0, 0.05) is 13.8 Å². The number of carbonyl (C=O) groups excluding carboxylic acids is 3. The highest BCUT2D eigenvalue weighted by Gasteiger charge is 2.22. The SMILES string of the molecule is CC(=O)Oc1ccc(C([C]=O)C(=O)O)cc1OC(C)=O. The number of esters is 2. The molecule has 1 N–H and O–H groups in total. The van der Waals surface area contributed by atoms with Crippen LogP contribution < -0.4 is 9.47 Å². The summed E-state index contributed by atoms with van der Waals surface area (Å²) in [6, 6.07) is 3.65. The number of carboxylic acids is 1. The first kappa shape index (κ1) is 15.4. The maximum atomic E-state index is 11.0. The van der Waals surface area contributed by atoms with Crippen LogP contribution in [-0.2, 0) is 19.2 Å². The molecule has 105 valence electrons. The Labute approximate surface area is 114 Å². The number of carboxylic acid groups (broad SMARTS) is 1. The molecule has 1 aromatic carbocycles. The first-order chi connectivity index (χ1) is 9.35. The zero-order valence-electron chi connectivity index (χ0n) is 10.7. The third kappa shape index (κ3) is 3.91. The Bertz CT molecular complexity index is 562. The van der Waals surface area contributed by atoms with Crippen LogP contribution in [0, 0.1) is 0 Å². The van der Waals surface area contributed by atoms with E-state index < -0.39 is 23.8 Å². The average molecular weight is 279 g/mol. The van der Waals surface area contributed by atoms with Gasteiger partial charge >= 0.3 is 17.9 Å². The minimum absolute atomic E-state index is 0.0495. The van der Waals surface area contributed by atoms with Gasteiger partial charge in [-0.2, -0.15) is 0 Å². The minimum atomic E-state index is -1.52. The molecular formula is C13H11O7. The van der Waals surface area contributed by atoms with E-state index in [1.165, 1.54) is 18.4 Å². The van der Waals surface area contributed by atoms with Gasteiger partial charge in [-0.05, 0) is 17.7 Å². The van der Waals surface area contributed by atoms with Crippen LogP contribution >= 0.6 is 0 Å². The van der Waals surface area contributed by atoms with Crippen molar-refractivity contribution < 1.29 is 33.8 Å². The molecular weight excluding hydrogens is 268 g/mol. The van der Waals surface area contributed by atoms with Gasteiger partial charge in [-0.15, -0.1) is 0 Å². The Morgan fingerprint density at radius 3 is 2.10 bits per heavy atom. The van der Waals surface area contributed by atoms with E-state index in [1.807, 2.05) is 0 Å². The third-order valence-electron chi connectivity index (χ3n) is 2.17. The maximum absolute atomic E-state index is 11.0. The number of hydrogen-bond acceptors (Lipinski definition) is 6. The highest BCUT2D eigenvalue weighted by Crippen LogP contribution is 2.31. The van der Waals surface area contributed by atoms with Crippen molar-refractivity contribution in [1.82, 2.24) is 0 Å². The van der Waals surface area contributed by atoms with Crippen LogP contribution in [0.4, 0.5) is 0 Å². The Kier molecular flexibility index (Phi) is 4.96. The number of ether oxygens (including phenoxy) is 2. The fraction of sp³-hybridized carbons (Fsp3) is 0.231. The lowest BCUT2D eigenvalue weighted by molar-refractivity contribution is -0.137. The summed E-state index contributed by atoms with van der Waals surface area (Å²) in [7, 11) is 0. The number of benzene rings is 1. The first-order valence-corrected chi connectivity index (χ1v) is 5.46. The second-order valence-corrected chi connectivity index (χ2v) is 3.78. The highest BCUT2D eigenvalue weighted by atomic mass is 16.6. The number of carbonyl (C=O) groups is 3. The lowest BCUT2D eigenvalue weighted by Crippen LogP contribution is -2.14. The van der Waals surface area contributed by atoms with Crippen molar-refractivity contribution >= 4 is 24.2 Å². The summed E-state index contributed by atoms with van der Waals surface area (Å²) in [5.74, 6) is -4.43. The zero-order valence-corrected chi connectivity index (χ0v) is 10.7. The molecule has 1 aromatic rings. The first-order valence-electron chi connectivity index (χ1n) is 5.46. The third-order valence-corrected chi connectivity index (χ3v) is 2.17. The Balaban J connectivity index is 3.25. The smallest absolute Gasteiger partial charge is 0.319 e. The second-order valence-electron chi connectivity index (χ2n) is 3.78. The molecule has 20 heavy (non-hydrogen) atoms. The van der Waals surface area contributed by atoms with E-state index in [9.17, 15) is 19.2 Å². The fourth-order valence-electron chi connectivity index (χ4n) is 1.44. The van der Waals surface area contributed by atoms with Crippen molar-refractivity contribution in [3.63, 3.8) is 0 Å². The molecule has 1 atom stereocenters. The van der Waals surface area contributed by atoms with Crippen LogP contribution in [-0.4, -0.2) is 29.3 Å². The molecule has 0 aromatic heterocycles. The molecule has 0 aliphatic rings. The van der Waals surface area contributed by atoms with E-state index in [2.05, 4.69) is 0 Å². The number of rotatable bonds is 5. The van der Waals surface area contributed by atoms with Gasteiger partial charge in [-0.25, -0.2) is 0 Å². The number of aliphatic carboxylic acids is 1. The lowest BCUT2D eigenvalue weighted by Gasteiger charge is -2.11. The maximum Gasteiger partial charge on any atom is 0.319 e. The summed E-state index contributed by atoms with van der Waals surface area (Å²) < 4.78 is 9.64. The van der Waals surface area contributed by atoms with E-state index in [0.717, 1.165) is 19.9 Å². The number of hydrogen-bond donors (Lipinski definition) is 1.